The molecule has 4 heterocycles. The number of nitrogens with zero attached hydrogens (tertiary/aromatic N) is 3. The molecule has 8 aromatic carbocycles. The van der Waals surface area contributed by atoms with E-state index < -0.39 is 0 Å². The van der Waals surface area contributed by atoms with Gasteiger partial charge >= 0.3 is 0 Å². The van der Waals surface area contributed by atoms with E-state index in [1.807, 2.05) is 11.3 Å². The van der Waals surface area contributed by atoms with E-state index in [1.54, 1.807) is 11.3 Å². The van der Waals surface area contributed by atoms with Gasteiger partial charge in [0.05, 0.1) is 26.9 Å². The first-order chi connectivity index (χ1) is 26.2. The van der Waals surface area contributed by atoms with Crippen molar-refractivity contribution in [1.29, 1.82) is 0 Å². The predicted molar refractivity (Wildman–Crippen MR) is 228 cm³/mol. The van der Waals surface area contributed by atoms with Crippen LogP contribution in [0.2, 0.25) is 0 Å². The van der Waals surface area contributed by atoms with E-state index in [-0.39, 0.29) is 0 Å². The summed E-state index contributed by atoms with van der Waals surface area (Å²) in [5.74, 6) is 0.760. The molecular weight excluding hydrogens is 683 g/mol. The van der Waals surface area contributed by atoms with E-state index in [2.05, 4.69) is 168 Å². The molecule has 0 saturated carbocycles. The first-order valence-corrected chi connectivity index (χ1v) is 19.4. The number of hydrogen-bond donors (Lipinski definition) is 0. The van der Waals surface area contributed by atoms with E-state index >= 15 is 0 Å². The fourth-order valence-electron chi connectivity index (χ4n) is 8.28. The average molecular weight is 710 g/mol. The molecule has 12 rings (SSSR count). The molecule has 0 N–H and O–H groups in total. The maximum absolute atomic E-state index is 5.42. The fraction of sp³-hybridized carbons (Fsp3) is 0. The SMILES string of the molecule is c1ccc2cc(-c3nc(-c4cccc5c4sc4cc(-n6c7ccccc7c7cc8ccccc8cc76)ccc45)nc4c3sc3ccccc34)ccc2c1. The van der Waals surface area contributed by atoms with Gasteiger partial charge in [-0.1, -0.05) is 115 Å². The Morgan fingerprint density at radius 1 is 0.415 bits per heavy atom. The van der Waals surface area contributed by atoms with Crippen molar-refractivity contribution in [2.75, 3.05) is 0 Å². The summed E-state index contributed by atoms with van der Waals surface area (Å²) >= 11 is 3.61. The third-order valence-corrected chi connectivity index (χ3v) is 13.1. The maximum Gasteiger partial charge on any atom is 0.161 e. The van der Waals surface area contributed by atoms with Crippen molar-refractivity contribution in [2.45, 2.75) is 0 Å². The van der Waals surface area contributed by atoms with Gasteiger partial charge in [0.15, 0.2) is 5.82 Å². The molecule has 0 aliphatic rings. The smallest absolute Gasteiger partial charge is 0.161 e. The lowest BCUT2D eigenvalue weighted by molar-refractivity contribution is 1.19. The molecule has 0 bridgehead atoms. The molecule has 5 heteroatoms. The highest BCUT2D eigenvalue weighted by molar-refractivity contribution is 7.26. The van der Waals surface area contributed by atoms with Gasteiger partial charge in [-0.15, -0.1) is 22.7 Å². The Balaban J connectivity index is 1.09. The highest BCUT2D eigenvalue weighted by Gasteiger charge is 2.20. The summed E-state index contributed by atoms with van der Waals surface area (Å²) in [6, 6.07) is 59.4. The highest BCUT2D eigenvalue weighted by Crippen LogP contribution is 2.44. The lowest BCUT2D eigenvalue weighted by Crippen LogP contribution is -1.94. The van der Waals surface area contributed by atoms with Crippen LogP contribution in [0.25, 0.3) is 112 Å². The fourth-order valence-corrected chi connectivity index (χ4v) is 10.7. The topological polar surface area (TPSA) is 30.7 Å². The molecule has 3 nitrogen and oxygen atoms in total. The number of hydrogen-bond acceptors (Lipinski definition) is 4. The van der Waals surface area contributed by atoms with Gasteiger partial charge in [0.1, 0.15) is 0 Å². The molecule has 0 aliphatic carbocycles. The summed E-state index contributed by atoms with van der Waals surface area (Å²) in [6.07, 6.45) is 0. The average Bonchev–Trinajstić information content (AvgIpc) is 3.88. The molecule has 246 valence electrons. The summed E-state index contributed by atoms with van der Waals surface area (Å²) in [5.41, 5.74) is 7.76. The number of thiophene rings is 2. The normalized spacial score (nSPS) is 12.2. The van der Waals surface area contributed by atoms with Crippen LogP contribution in [0.5, 0.6) is 0 Å². The second-order valence-corrected chi connectivity index (χ2v) is 15.9. The Morgan fingerprint density at radius 3 is 2.02 bits per heavy atom. The summed E-state index contributed by atoms with van der Waals surface area (Å²) in [7, 11) is 0. The van der Waals surface area contributed by atoms with Gasteiger partial charge in [-0.3, -0.25) is 0 Å². The Labute approximate surface area is 311 Å². The third kappa shape index (κ3) is 4.32. The first kappa shape index (κ1) is 29.2. The maximum atomic E-state index is 5.42. The molecule has 0 spiro atoms. The van der Waals surface area contributed by atoms with Crippen molar-refractivity contribution in [3.63, 3.8) is 0 Å². The van der Waals surface area contributed by atoms with Crippen LogP contribution in [0, 0.1) is 0 Å². The van der Waals surface area contributed by atoms with Crippen LogP contribution in [0.3, 0.4) is 0 Å². The summed E-state index contributed by atoms with van der Waals surface area (Å²) in [5, 5.41) is 11.1. The Bertz CT molecular complexity index is 3480. The molecule has 0 saturated heterocycles. The van der Waals surface area contributed by atoms with E-state index in [4.69, 9.17) is 9.97 Å². The molecule has 0 aliphatic heterocycles. The molecule has 4 aromatic heterocycles. The molecule has 0 unspecified atom stereocenters. The van der Waals surface area contributed by atoms with Gasteiger partial charge in [-0.2, -0.15) is 0 Å². The van der Waals surface area contributed by atoms with Crippen molar-refractivity contribution in [3.05, 3.63) is 164 Å². The minimum absolute atomic E-state index is 0.760. The molecular formula is C48H27N3S2. The van der Waals surface area contributed by atoms with Gasteiger partial charge < -0.3 is 4.57 Å². The number of para-hydroxylation sites is 1. The lowest BCUT2D eigenvalue weighted by atomic mass is 10.0. The molecule has 0 fully saturated rings. The number of benzene rings is 8. The standard InChI is InChI=1S/C48H27N3S2/c1-2-11-29-24-32(21-20-28(29)10-1)44-47-45(37-15-6-8-19-42(37)52-47)50-48(49-44)38-17-9-16-36-35-23-22-33(27-43(35)53-46(36)38)51-40-18-7-5-14-34(40)39-25-30-12-3-4-13-31(30)26-41(39)51/h1-27H. The van der Waals surface area contributed by atoms with E-state index in [1.165, 1.54) is 73.6 Å². The Kier molecular flexibility index (Phi) is 6.09. The van der Waals surface area contributed by atoms with Crippen molar-refractivity contribution < 1.29 is 0 Å². The zero-order valence-corrected chi connectivity index (χ0v) is 29.9. The number of fused-ring (bicyclic) bond motifs is 11. The molecule has 12 aromatic rings. The van der Waals surface area contributed by atoms with Crippen LogP contribution >= 0.6 is 22.7 Å². The second-order valence-electron chi connectivity index (χ2n) is 13.8. The zero-order valence-electron chi connectivity index (χ0n) is 28.2. The number of rotatable bonds is 3. The van der Waals surface area contributed by atoms with Crippen LogP contribution in [-0.2, 0) is 0 Å². The van der Waals surface area contributed by atoms with Crippen LogP contribution in [0.1, 0.15) is 0 Å². The van der Waals surface area contributed by atoms with Crippen molar-refractivity contribution in [2.24, 2.45) is 0 Å². The van der Waals surface area contributed by atoms with Crippen LogP contribution in [-0.4, -0.2) is 14.5 Å². The highest BCUT2D eigenvalue weighted by atomic mass is 32.1. The van der Waals surface area contributed by atoms with Crippen LogP contribution < -0.4 is 0 Å². The van der Waals surface area contributed by atoms with Crippen molar-refractivity contribution >= 4 is 106 Å². The number of aromatic nitrogens is 3. The van der Waals surface area contributed by atoms with Crippen molar-refractivity contribution in [1.82, 2.24) is 14.5 Å². The summed E-state index contributed by atoms with van der Waals surface area (Å²) in [4.78, 5) is 10.8. The monoisotopic (exact) mass is 709 g/mol. The van der Waals surface area contributed by atoms with Gasteiger partial charge in [0, 0.05) is 57.8 Å². The molecule has 0 amide bonds. The first-order valence-electron chi connectivity index (χ1n) is 17.8. The second kappa shape index (κ2) is 11.1. The van der Waals surface area contributed by atoms with Gasteiger partial charge in [0.2, 0.25) is 0 Å². The quantitative estimate of drug-likeness (QED) is 0.183. The van der Waals surface area contributed by atoms with E-state index in [0.29, 0.717) is 0 Å². The van der Waals surface area contributed by atoms with Gasteiger partial charge in [-0.05, 0) is 70.1 Å². The largest absolute Gasteiger partial charge is 0.309 e. The predicted octanol–water partition coefficient (Wildman–Crippen LogP) is 13.9. The minimum atomic E-state index is 0.760. The zero-order chi connectivity index (χ0) is 34.6. The third-order valence-electron chi connectivity index (χ3n) is 10.8. The van der Waals surface area contributed by atoms with Gasteiger partial charge in [-0.25, -0.2) is 9.97 Å². The van der Waals surface area contributed by atoms with Crippen LogP contribution in [0.15, 0.2) is 164 Å². The summed E-state index contributed by atoms with van der Waals surface area (Å²) < 4.78 is 7.22. The lowest BCUT2D eigenvalue weighted by Gasteiger charge is -2.09. The van der Waals surface area contributed by atoms with E-state index in [0.717, 1.165) is 38.5 Å². The Morgan fingerprint density at radius 2 is 1.13 bits per heavy atom. The summed E-state index contributed by atoms with van der Waals surface area (Å²) in [6.45, 7) is 0. The van der Waals surface area contributed by atoms with Crippen LogP contribution in [0.4, 0.5) is 0 Å². The van der Waals surface area contributed by atoms with Crippen molar-refractivity contribution in [3.8, 4) is 28.3 Å². The molecule has 0 radical (unpaired) electrons. The van der Waals surface area contributed by atoms with Gasteiger partial charge in [0.25, 0.3) is 0 Å². The molecule has 53 heavy (non-hydrogen) atoms. The van der Waals surface area contributed by atoms with E-state index in [9.17, 15) is 0 Å². The minimum Gasteiger partial charge on any atom is -0.309 e. The Hall–Kier alpha value is -6.40. The molecule has 0 atom stereocenters.